The first-order valence-corrected chi connectivity index (χ1v) is 11.7. The number of thiophene rings is 2. The smallest absolute Gasteiger partial charge is 0.0448 e. The van der Waals surface area contributed by atoms with Crippen molar-refractivity contribution in [2.75, 3.05) is 18.0 Å². The largest absolute Gasteiger partial charge is 0.372 e. The van der Waals surface area contributed by atoms with E-state index < -0.39 is 0 Å². The SMILES string of the molecule is CCCCN(CCCC)c1ccc(/C=C/c2ccc(-c3cccs3)s2)cc1. The molecule has 3 heteroatoms. The second-order valence-electron chi connectivity index (χ2n) is 6.80. The maximum Gasteiger partial charge on any atom is 0.0448 e. The summed E-state index contributed by atoms with van der Waals surface area (Å²) in [5, 5.41) is 2.14. The van der Waals surface area contributed by atoms with Gasteiger partial charge in [-0.05, 0) is 60.2 Å². The maximum atomic E-state index is 2.53. The summed E-state index contributed by atoms with van der Waals surface area (Å²) in [5.74, 6) is 0. The van der Waals surface area contributed by atoms with Crippen molar-refractivity contribution >= 4 is 40.5 Å². The first-order chi connectivity index (χ1) is 13.3. The van der Waals surface area contributed by atoms with Gasteiger partial charge in [0.25, 0.3) is 0 Å². The van der Waals surface area contributed by atoms with E-state index in [0.29, 0.717) is 0 Å². The zero-order valence-corrected chi connectivity index (χ0v) is 18.0. The monoisotopic (exact) mass is 395 g/mol. The average molecular weight is 396 g/mol. The van der Waals surface area contributed by atoms with Crippen LogP contribution >= 0.6 is 22.7 Å². The Bertz CT molecular complexity index is 804. The van der Waals surface area contributed by atoms with Gasteiger partial charge in [0.05, 0.1) is 0 Å². The van der Waals surface area contributed by atoms with E-state index in [4.69, 9.17) is 0 Å². The van der Waals surface area contributed by atoms with Crippen LogP contribution in [0.2, 0.25) is 0 Å². The molecular weight excluding hydrogens is 366 g/mol. The highest BCUT2D eigenvalue weighted by atomic mass is 32.1. The summed E-state index contributed by atoms with van der Waals surface area (Å²) >= 11 is 3.65. The van der Waals surface area contributed by atoms with Gasteiger partial charge in [0.15, 0.2) is 0 Å². The first kappa shape index (κ1) is 19.9. The van der Waals surface area contributed by atoms with Crippen molar-refractivity contribution in [2.24, 2.45) is 0 Å². The lowest BCUT2D eigenvalue weighted by molar-refractivity contribution is 0.678. The minimum absolute atomic E-state index is 1.16. The maximum absolute atomic E-state index is 2.53. The Hall–Kier alpha value is -1.84. The average Bonchev–Trinajstić information content (AvgIpc) is 3.39. The molecule has 1 aromatic carbocycles. The van der Waals surface area contributed by atoms with Crippen LogP contribution in [-0.2, 0) is 0 Å². The fourth-order valence-corrected chi connectivity index (χ4v) is 4.78. The molecule has 0 radical (unpaired) electrons. The molecule has 0 bridgehead atoms. The van der Waals surface area contributed by atoms with Crippen LogP contribution in [0.25, 0.3) is 21.9 Å². The zero-order valence-electron chi connectivity index (χ0n) is 16.4. The van der Waals surface area contributed by atoms with Crippen molar-refractivity contribution in [1.29, 1.82) is 0 Å². The van der Waals surface area contributed by atoms with Gasteiger partial charge in [-0.3, -0.25) is 0 Å². The molecule has 0 aliphatic carbocycles. The van der Waals surface area contributed by atoms with E-state index >= 15 is 0 Å². The third-order valence-electron chi connectivity index (χ3n) is 4.65. The molecule has 0 amide bonds. The van der Waals surface area contributed by atoms with Gasteiger partial charge >= 0.3 is 0 Å². The van der Waals surface area contributed by atoms with Crippen molar-refractivity contribution in [3.63, 3.8) is 0 Å². The molecule has 0 N–H and O–H groups in total. The van der Waals surface area contributed by atoms with Gasteiger partial charge in [-0.1, -0.05) is 51.0 Å². The van der Waals surface area contributed by atoms with Crippen molar-refractivity contribution in [2.45, 2.75) is 39.5 Å². The lowest BCUT2D eigenvalue weighted by Gasteiger charge is -2.24. The summed E-state index contributed by atoms with van der Waals surface area (Å²) in [6, 6.07) is 17.8. The van der Waals surface area contributed by atoms with Gasteiger partial charge in [-0.15, -0.1) is 22.7 Å². The third-order valence-corrected chi connectivity index (χ3v) is 6.77. The summed E-state index contributed by atoms with van der Waals surface area (Å²) in [6.45, 7) is 6.85. The molecule has 0 spiro atoms. The molecule has 3 aromatic rings. The van der Waals surface area contributed by atoms with Crippen LogP contribution in [0, 0.1) is 0 Å². The summed E-state index contributed by atoms with van der Waals surface area (Å²) in [5.41, 5.74) is 2.61. The molecule has 0 saturated heterocycles. The second kappa shape index (κ2) is 10.5. The minimum Gasteiger partial charge on any atom is -0.372 e. The van der Waals surface area contributed by atoms with E-state index in [9.17, 15) is 0 Å². The van der Waals surface area contributed by atoms with Crippen LogP contribution < -0.4 is 4.90 Å². The number of benzene rings is 1. The summed E-state index contributed by atoms with van der Waals surface area (Å²) in [7, 11) is 0. The van der Waals surface area contributed by atoms with E-state index in [1.807, 2.05) is 11.3 Å². The molecule has 0 aliphatic heterocycles. The predicted molar refractivity (Wildman–Crippen MR) is 125 cm³/mol. The molecule has 3 rings (SSSR count). The first-order valence-electron chi connectivity index (χ1n) is 9.97. The van der Waals surface area contributed by atoms with Gasteiger partial charge < -0.3 is 4.90 Å². The van der Waals surface area contributed by atoms with Crippen LogP contribution in [0.15, 0.2) is 53.9 Å². The van der Waals surface area contributed by atoms with Crippen molar-refractivity contribution < 1.29 is 0 Å². The Morgan fingerprint density at radius 2 is 1.56 bits per heavy atom. The van der Waals surface area contributed by atoms with E-state index in [2.05, 4.69) is 84.8 Å². The Balaban J connectivity index is 1.64. The van der Waals surface area contributed by atoms with E-state index in [1.165, 1.54) is 51.6 Å². The molecule has 0 saturated carbocycles. The Labute approximate surface area is 172 Å². The molecule has 27 heavy (non-hydrogen) atoms. The zero-order chi connectivity index (χ0) is 18.9. The van der Waals surface area contributed by atoms with Crippen LogP contribution in [0.4, 0.5) is 5.69 Å². The lowest BCUT2D eigenvalue weighted by Crippen LogP contribution is -2.25. The van der Waals surface area contributed by atoms with Gasteiger partial charge in [0.2, 0.25) is 0 Å². The highest BCUT2D eigenvalue weighted by Crippen LogP contribution is 2.32. The second-order valence-corrected chi connectivity index (χ2v) is 8.86. The fourth-order valence-electron chi connectivity index (χ4n) is 3.04. The third kappa shape index (κ3) is 5.82. The molecule has 0 fully saturated rings. The lowest BCUT2D eigenvalue weighted by atomic mass is 10.1. The predicted octanol–water partition coefficient (Wildman–Crippen LogP) is 8.05. The molecule has 2 aromatic heterocycles. The number of hydrogen-bond donors (Lipinski definition) is 0. The molecule has 2 heterocycles. The van der Waals surface area contributed by atoms with Crippen LogP contribution in [0.5, 0.6) is 0 Å². The van der Waals surface area contributed by atoms with E-state index in [-0.39, 0.29) is 0 Å². The molecule has 0 aliphatic rings. The van der Waals surface area contributed by atoms with Gasteiger partial charge in [0, 0.05) is 33.4 Å². The van der Waals surface area contributed by atoms with Crippen LogP contribution in [0.1, 0.15) is 50.0 Å². The molecular formula is C24H29NS2. The topological polar surface area (TPSA) is 3.24 Å². The number of unbranched alkanes of at least 4 members (excludes halogenated alkanes) is 2. The number of nitrogens with zero attached hydrogens (tertiary/aromatic N) is 1. The molecule has 142 valence electrons. The highest BCUT2D eigenvalue weighted by Gasteiger charge is 2.05. The quantitative estimate of drug-likeness (QED) is 0.335. The fraction of sp³-hybridized carbons (Fsp3) is 0.333. The summed E-state index contributed by atoms with van der Waals surface area (Å²) < 4.78 is 0. The standard InChI is InChI=1S/C24H29NS2/c1-3-5-17-25(18-6-4-2)21-12-9-20(10-13-21)11-14-22-15-16-24(27-22)23-8-7-19-26-23/h7-16,19H,3-6,17-18H2,1-2H3/b14-11+. The molecule has 0 unspecified atom stereocenters. The van der Waals surface area contributed by atoms with Crippen LogP contribution in [0.3, 0.4) is 0 Å². The van der Waals surface area contributed by atoms with Crippen molar-refractivity contribution in [1.82, 2.24) is 0 Å². The normalized spacial score (nSPS) is 11.3. The summed E-state index contributed by atoms with van der Waals surface area (Å²) in [4.78, 5) is 6.54. The Morgan fingerprint density at radius 3 is 2.19 bits per heavy atom. The number of rotatable bonds is 10. The highest BCUT2D eigenvalue weighted by molar-refractivity contribution is 7.21. The van der Waals surface area contributed by atoms with E-state index in [0.717, 1.165) is 13.1 Å². The summed E-state index contributed by atoms with van der Waals surface area (Å²) in [6.07, 6.45) is 9.46. The Kier molecular flexibility index (Phi) is 7.73. The van der Waals surface area contributed by atoms with Gasteiger partial charge in [-0.2, -0.15) is 0 Å². The van der Waals surface area contributed by atoms with Crippen molar-refractivity contribution in [3.05, 3.63) is 64.4 Å². The van der Waals surface area contributed by atoms with Gasteiger partial charge in [-0.25, -0.2) is 0 Å². The Morgan fingerprint density at radius 1 is 0.815 bits per heavy atom. The van der Waals surface area contributed by atoms with Gasteiger partial charge in [0.1, 0.15) is 0 Å². The molecule has 1 nitrogen and oxygen atoms in total. The minimum atomic E-state index is 1.16. The van der Waals surface area contributed by atoms with E-state index in [1.54, 1.807) is 11.3 Å². The number of hydrogen-bond acceptors (Lipinski definition) is 3. The molecule has 0 atom stereocenters. The van der Waals surface area contributed by atoms with Crippen molar-refractivity contribution in [3.8, 4) is 9.75 Å². The number of anilines is 1. The van der Waals surface area contributed by atoms with Crippen LogP contribution in [-0.4, -0.2) is 13.1 Å².